The first-order valence-corrected chi connectivity index (χ1v) is 12.5. The summed E-state index contributed by atoms with van der Waals surface area (Å²) in [6.07, 6.45) is 0. The van der Waals surface area contributed by atoms with Crippen molar-refractivity contribution in [3.05, 3.63) is 76.4 Å². The normalized spacial score (nSPS) is 15.2. The van der Waals surface area contributed by atoms with Gasteiger partial charge in [-0.2, -0.15) is 0 Å². The van der Waals surface area contributed by atoms with Gasteiger partial charge in [-0.25, -0.2) is 0 Å². The number of anilines is 1. The summed E-state index contributed by atoms with van der Waals surface area (Å²) < 4.78 is 10.8. The first kappa shape index (κ1) is 21.1. The Labute approximate surface area is 192 Å². The van der Waals surface area contributed by atoms with Gasteiger partial charge in [-0.05, 0) is 0 Å². The fraction of sp³-hybridized carbons (Fsp3) is 0.273. The molecule has 8 heteroatoms. The first-order valence-electron chi connectivity index (χ1n) is 9.60. The molecule has 0 saturated carbocycles. The molecule has 0 aliphatic carbocycles. The number of nitrogens with zero attached hydrogens (tertiary/aromatic N) is 4. The number of ether oxygens (including phenoxy) is 1. The number of aryl methyl sites for hydroxylation is 1. The number of carbonyl (C=O) groups is 1. The van der Waals surface area contributed by atoms with E-state index in [0.29, 0.717) is 24.7 Å². The van der Waals surface area contributed by atoms with E-state index in [9.17, 15) is 4.79 Å². The first-order chi connectivity index (χ1) is 14.5. The van der Waals surface area contributed by atoms with Crippen molar-refractivity contribution in [3.8, 4) is 5.75 Å². The van der Waals surface area contributed by atoms with E-state index in [0.717, 1.165) is 32.9 Å². The number of likely N-dealkylation sites (N-methyl/N-ethyl adjacent to an activating group) is 1. The molecule has 0 radical (unpaired) electrons. The van der Waals surface area contributed by atoms with Crippen molar-refractivity contribution in [1.82, 2.24) is 14.7 Å². The second-order valence-electron chi connectivity index (χ2n) is 7.26. The minimum absolute atomic E-state index is 0.121. The molecule has 6 nitrogen and oxygen atoms in total. The van der Waals surface area contributed by atoms with E-state index in [1.807, 2.05) is 76.4 Å². The van der Waals surface area contributed by atoms with Gasteiger partial charge in [0, 0.05) is 0 Å². The Hall–Kier alpha value is -2.10. The van der Waals surface area contributed by atoms with Crippen molar-refractivity contribution in [1.29, 1.82) is 0 Å². The Morgan fingerprint density at radius 1 is 1.17 bits per heavy atom. The molecule has 1 aliphatic rings. The molecule has 30 heavy (non-hydrogen) atoms. The summed E-state index contributed by atoms with van der Waals surface area (Å²) in [7, 11) is 1.98. The molecule has 1 amide bonds. The molecular weight excluding hydrogens is 515 g/mol. The third-order valence-electron chi connectivity index (χ3n) is 4.75. The van der Waals surface area contributed by atoms with Gasteiger partial charge >= 0.3 is 186 Å². The summed E-state index contributed by atoms with van der Waals surface area (Å²) >= 11 is 5.84. The summed E-state index contributed by atoms with van der Waals surface area (Å²) in [5, 5.41) is 5.38. The maximum absolute atomic E-state index is 12.4. The number of alkyl halides is 1. The van der Waals surface area contributed by atoms with E-state index in [-0.39, 0.29) is 5.91 Å². The van der Waals surface area contributed by atoms with Gasteiger partial charge in [-0.15, -0.1) is 0 Å². The number of hydrogen-bond acceptors (Lipinski definition) is 4. The predicted octanol–water partition coefficient (Wildman–Crippen LogP) is 0.712. The van der Waals surface area contributed by atoms with Crippen LogP contribution >= 0.6 is 11.6 Å². The van der Waals surface area contributed by atoms with Crippen LogP contribution < -0.4 is 29.3 Å². The van der Waals surface area contributed by atoms with Gasteiger partial charge in [0.05, 0.1) is 0 Å². The molecule has 0 atom stereocenters. The number of amides is 1. The number of hydrogen-bond donors (Lipinski definition) is 0. The molecule has 1 aromatic heterocycles. The van der Waals surface area contributed by atoms with Crippen molar-refractivity contribution in [2.24, 2.45) is 0 Å². The number of aromatic nitrogens is 2. The molecule has 4 rings (SSSR count). The summed E-state index contributed by atoms with van der Waals surface area (Å²) in [5.74, 6) is 1.64. The zero-order chi connectivity index (χ0) is 21.1. The van der Waals surface area contributed by atoms with Crippen LogP contribution in [0.1, 0.15) is 16.8 Å². The summed E-state index contributed by atoms with van der Waals surface area (Å²) in [5.41, 5.74) is 3.05. The second kappa shape index (κ2) is 9.36. The fourth-order valence-corrected chi connectivity index (χ4v) is 5.57. The standard InChI is InChI=1S/C22H23ClIN4O2/c1-16-10-21(28-22(29)13-26(2)15-24-28)25-27(16)12-18-11-19(23)8-9-20(18)30-14-17-6-4-3-5-7-17/h3-11H,12-15H2,1-2H3/q-1. The predicted molar refractivity (Wildman–Crippen MR) is 113 cm³/mol. The van der Waals surface area contributed by atoms with Crippen LogP contribution in [0.2, 0.25) is 5.02 Å². The molecule has 2 heterocycles. The van der Waals surface area contributed by atoms with Gasteiger partial charge in [-0.3, -0.25) is 0 Å². The average molecular weight is 538 g/mol. The molecular formula is C22H23ClIN4O2-. The molecule has 158 valence electrons. The van der Waals surface area contributed by atoms with Gasteiger partial charge in [0.25, 0.3) is 0 Å². The van der Waals surface area contributed by atoms with Gasteiger partial charge in [0.1, 0.15) is 0 Å². The van der Waals surface area contributed by atoms with Crippen molar-refractivity contribution < 1.29 is 31.0 Å². The Balaban J connectivity index is 1.53. The summed E-state index contributed by atoms with van der Waals surface area (Å²) in [4.78, 5) is 14.5. The van der Waals surface area contributed by atoms with Crippen LogP contribution in [0.15, 0.2) is 54.6 Å². The summed E-state index contributed by atoms with van der Waals surface area (Å²) in [6.45, 7) is 3.46. The SMILES string of the molecule is Cc1cc(N2[I-]CN(C)CC2=O)nn1Cc1cc(Cl)ccc1OCc1ccccc1. The van der Waals surface area contributed by atoms with Crippen LogP contribution in [0.4, 0.5) is 5.82 Å². The molecule has 0 spiro atoms. The van der Waals surface area contributed by atoms with Crippen LogP contribution in [0.5, 0.6) is 5.75 Å². The molecule has 1 fully saturated rings. The van der Waals surface area contributed by atoms with Gasteiger partial charge in [-0.1, -0.05) is 6.07 Å². The monoisotopic (exact) mass is 537 g/mol. The molecule has 2 aromatic carbocycles. The van der Waals surface area contributed by atoms with Gasteiger partial charge in [0.15, 0.2) is 0 Å². The molecule has 0 unspecified atom stereocenters. The Morgan fingerprint density at radius 2 is 1.97 bits per heavy atom. The van der Waals surface area contributed by atoms with E-state index in [1.54, 1.807) is 0 Å². The van der Waals surface area contributed by atoms with E-state index in [4.69, 9.17) is 21.4 Å². The molecule has 0 N–H and O–H groups in total. The van der Waals surface area contributed by atoms with Crippen LogP contribution in [0, 0.1) is 6.92 Å². The van der Waals surface area contributed by atoms with E-state index < -0.39 is 21.5 Å². The van der Waals surface area contributed by atoms with Gasteiger partial charge < -0.3 is 0 Å². The van der Waals surface area contributed by atoms with Crippen LogP contribution in [0.3, 0.4) is 0 Å². The molecule has 0 bridgehead atoms. The zero-order valence-electron chi connectivity index (χ0n) is 16.9. The van der Waals surface area contributed by atoms with E-state index in [1.165, 1.54) is 0 Å². The second-order valence-corrected chi connectivity index (χ2v) is 10.0. The zero-order valence-corrected chi connectivity index (χ0v) is 19.8. The van der Waals surface area contributed by atoms with Crippen molar-refractivity contribution >= 4 is 23.3 Å². The van der Waals surface area contributed by atoms with Crippen molar-refractivity contribution in [2.45, 2.75) is 20.1 Å². The van der Waals surface area contributed by atoms with Crippen molar-refractivity contribution in [3.63, 3.8) is 0 Å². The average Bonchev–Trinajstić information content (AvgIpc) is 3.08. The van der Waals surface area contributed by atoms with E-state index in [2.05, 4.69) is 4.90 Å². The minimum atomic E-state index is -0.426. The van der Waals surface area contributed by atoms with Gasteiger partial charge in [0.2, 0.25) is 0 Å². The quantitative estimate of drug-likeness (QED) is 0.201. The number of halogens is 2. The van der Waals surface area contributed by atoms with E-state index >= 15 is 0 Å². The Kier molecular flexibility index (Phi) is 6.60. The molecule has 1 saturated heterocycles. The Bertz CT molecular complexity index is 1040. The number of benzene rings is 2. The topological polar surface area (TPSA) is 50.6 Å². The third kappa shape index (κ3) is 4.96. The van der Waals surface area contributed by atoms with Crippen LogP contribution in [-0.2, 0) is 17.9 Å². The number of carbonyl (C=O) groups excluding carboxylic acids is 1. The van der Waals surface area contributed by atoms with Crippen molar-refractivity contribution in [2.75, 3.05) is 21.3 Å². The molecule has 1 aliphatic heterocycles. The third-order valence-corrected chi connectivity index (χ3v) is 8.17. The number of rotatable bonds is 6. The molecule has 3 aromatic rings. The van der Waals surface area contributed by atoms with Crippen LogP contribution in [-0.4, -0.2) is 38.7 Å². The Morgan fingerprint density at radius 3 is 2.73 bits per heavy atom. The maximum atomic E-state index is 12.4. The fourth-order valence-electron chi connectivity index (χ4n) is 3.19. The summed E-state index contributed by atoms with van der Waals surface area (Å²) in [6, 6.07) is 17.7. The van der Waals surface area contributed by atoms with Crippen LogP contribution in [0.25, 0.3) is 0 Å².